The van der Waals surface area contributed by atoms with Gasteiger partial charge < -0.3 is 10.0 Å². The number of hydrogen-bond donors (Lipinski definition) is 1. The Morgan fingerprint density at radius 1 is 1.42 bits per heavy atom. The van der Waals surface area contributed by atoms with Gasteiger partial charge in [0.2, 0.25) is 0 Å². The summed E-state index contributed by atoms with van der Waals surface area (Å²) in [6.45, 7) is 1.33. The number of thiazole rings is 1. The van der Waals surface area contributed by atoms with Crippen molar-refractivity contribution in [3.63, 3.8) is 0 Å². The van der Waals surface area contributed by atoms with Crippen molar-refractivity contribution in [2.75, 3.05) is 11.9 Å². The molecule has 7 heteroatoms. The number of rotatable bonds is 4. The molecule has 0 spiro atoms. The van der Waals surface area contributed by atoms with E-state index < -0.39 is 5.97 Å². The summed E-state index contributed by atoms with van der Waals surface area (Å²) in [6, 6.07) is 3.59. The Bertz CT molecular complexity index is 593. The van der Waals surface area contributed by atoms with Gasteiger partial charge in [0.25, 0.3) is 0 Å². The summed E-state index contributed by atoms with van der Waals surface area (Å²) >= 11 is 1.06. The first-order valence-electron chi connectivity index (χ1n) is 5.39. The zero-order chi connectivity index (χ0) is 14.0. The molecule has 98 valence electrons. The molecule has 2 aromatic heterocycles. The first-order chi connectivity index (χ1) is 9.00. The SMILES string of the molecule is CC(=O)c1sc(N(C)c2cccnc2)nc1C(=O)O. The maximum absolute atomic E-state index is 11.4. The smallest absolute Gasteiger partial charge is 0.356 e. The number of hydrogen-bond acceptors (Lipinski definition) is 6. The molecule has 0 saturated carbocycles. The first kappa shape index (κ1) is 13.2. The largest absolute Gasteiger partial charge is 0.476 e. The summed E-state index contributed by atoms with van der Waals surface area (Å²) in [7, 11) is 1.74. The van der Waals surface area contributed by atoms with Crippen LogP contribution in [0.4, 0.5) is 10.8 Å². The van der Waals surface area contributed by atoms with Crippen LogP contribution in [0.5, 0.6) is 0 Å². The van der Waals surface area contributed by atoms with Gasteiger partial charge in [0.05, 0.1) is 11.9 Å². The van der Waals surface area contributed by atoms with Gasteiger partial charge in [-0.15, -0.1) is 0 Å². The van der Waals surface area contributed by atoms with Gasteiger partial charge in [-0.2, -0.15) is 0 Å². The lowest BCUT2D eigenvalue weighted by molar-refractivity contribution is 0.0687. The zero-order valence-corrected chi connectivity index (χ0v) is 11.1. The van der Waals surface area contributed by atoms with Crippen LogP contribution in [-0.4, -0.2) is 33.9 Å². The number of carboxylic acid groups (broad SMARTS) is 1. The van der Waals surface area contributed by atoms with E-state index in [0.717, 1.165) is 17.0 Å². The third-order valence-electron chi connectivity index (χ3n) is 2.46. The van der Waals surface area contributed by atoms with E-state index in [0.29, 0.717) is 5.13 Å². The second-order valence-electron chi connectivity index (χ2n) is 3.81. The molecule has 0 aliphatic carbocycles. The number of aromatic carboxylic acids is 1. The van der Waals surface area contributed by atoms with Crippen molar-refractivity contribution < 1.29 is 14.7 Å². The lowest BCUT2D eigenvalue weighted by Gasteiger charge is -2.14. The summed E-state index contributed by atoms with van der Waals surface area (Å²) < 4.78 is 0. The van der Waals surface area contributed by atoms with E-state index in [4.69, 9.17) is 5.11 Å². The summed E-state index contributed by atoms with van der Waals surface area (Å²) in [5.74, 6) is -1.51. The number of nitrogens with zero attached hydrogens (tertiary/aromatic N) is 3. The van der Waals surface area contributed by atoms with Crippen molar-refractivity contribution in [1.82, 2.24) is 9.97 Å². The molecule has 0 bridgehead atoms. The van der Waals surface area contributed by atoms with E-state index in [1.54, 1.807) is 30.4 Å². The van der Waals surface area contributed by atoms with E-state index >= 15 is 0 Å². The fourth-order valence-corrected chi connectivity index (χ4v) is 2.43. The van der Waals surface area contributed by atoms with Gasteiger partial charge in [0.1, 0.15) is 4.88 Å². The second-order valence-corrected chi connectivity index (χ2v) is 4.78. The molecule has 1 N–H and O–H groups in total. The minimum Gasteiger partial charge on any atom is -0.476 e. The van der Waals surface area contributed by atoms with Crippen LogP contribution >= 0.6 is 11.3 Å². The fraction of sp³-hybridized carbons (Fsp3) is 0.167. The number of carboxylic acids is 1. The maximum atomic E-state index is 11.4. The molecule has 0 atom stereocenters. The minimum atomic E-state index is -1.20. The number of ketones is 1. The Hall–Kier alpha value is -2.28. The van der Waals surface area contributed by atoms with Crippen molar-refractivity contribution in [2.24, 2.45) is 0 Å². The number of carbonyl (C=O) groups is 2. The Kier molecular flexibility index (Phi) is 3.57. The van der Waals surface area contributed by atoms with Crippen LogP contribution in [0.1, 0.15) is 27.1 Å². The molecule has 0 fully saturated rings. The molecule has 2 rings (SSSR count). The molecular formula is C12H11N3O3S. The predicted octanol–water partition coefficient (Wildman–Crippen LogP) is 2.21. The van der Waals surface area contributed by atoms with Gasteiger partial charge in [0.15, 0.2) is 16.6 Å². The molecule has 0 aromatic carbocycles. The van der Waals surface area contributed by atoms with E-state index in [2.05, 4.69) is 9.97 Å². The van der Waals surface area contributed by atoms with Crippen LogP contribution in [0.2, 0.25) is 0 Å². The standard InChI is InChI=1S/C12H11N3O3S/c1-7(16)10-9(11(17)18)14-12(19-10)15(2)8-4-3-5-13-6-8/h3-6H,1-2H3,(H,17,18). The maximum Gasteiger partial charge on any atom is 0.356 e. The number of Topliss-reactive ketones (excluding diaryl/α,β-unsaturated/α-hetero) is 1. The van der Waals surface area contributed by atoms with E-state index in [9.17, 15) is 9.59 Å². The molecule has 0 aliphatic heterocycles. The minimum absolute atomic E-state index is 0.151. The highest BCUT2D eigenvalue weighted by atomic mass is 32.1. The van der Waals surface area contributed by atoms with Gasteiger partial charge in [-0.3, -0.25) is 9.78 Å². The van der Waals surface area contributed by atoms with Crippen LogP contribution in [0.15, 0.2) is 24.5 Å². The van der Waals surface area contributed by atoms with Crippen LogP contribution in [0, 0.1) is 0 Å². The molecule has 0 saturated heterocycles. The Morgan fingerprint density at radius 3 is 2.63 bits per heavy atom. The van der Waals surface area contributed by atoms with Crippen molar-refractivity contribution >= 4 is 33.9 Å². The summed E-state index contributed by atoms with van der Waals surface area (Å²) in [6.07, 6.45) is 3.28. The first-order valence-corrected chi connectivity index (χ1v) is 6.21. The van der Waals surface area contributed by atoms with Gasteiger partial charge in [0, 0.05) is 20.2 Å². The molecule has 0 aliphatic rings. The fourth-order valence-electron chi connectivity index (χ4n) is 1.50. The van der Waals surface area contributed by atoms with Crippen LogP contribution < -0.4 is 4.90 Å². The van der Waals surface area contributed by atoms with E-state index in [-0.39, 0.29) is 16.4 Å². The van der Waals surface area contributed by atoms with E-state index in [1.807, 2.05) is 6.07 Å². The topological polar surface area (TPSA) is 83.4 Å². The van der Waals surface area contributed by atoms with Gasteiger partial charge in [-0.05, 0) is 12.1 Å². The Morgan fingerprint density at radius 2 is 2.16 bits per heavy atom. The quantitative estimate of drug-likeness (QED) is 0.863. The lowest BCUT2D eigenvalue weighted by Crippen LogP contribution is -2.10. The highest BCUT2D eigenvalue weighted by Gasteiger charge is 2.22. The highest BCUT2D eigenvalue weighted by Crippen LogP contribution is 2.30. The lowest BCUT2D eigenvalue weighted by atomic mass is 10.3. The number of pyridine rings is 1. The van der Waals surface area contributed by atoms with Crippen molar-refractivity contribution in [1.29, 1.82) is 0 Å². The predicted molar refractivity (Wildman–Crippen MR) is 71.4 cm³/mol. The molecule has 0 amide bonds. The molecule has 19 heavy (non-hydrogen) atoms. The number of aromatic nitrogens is 2. The Labute approximate surface area is 113 Å². The number of anilines is 2. The second kappa shape index (κ2) is 5.15. The average molecular weight is 277 g/mol. The van der Waals surface area contributed by atoms with Crippen molar-refractivity contribution in [2.45, 2.75) is 6.92 Å². The van der Waals surface area contributed by atoms with Gasteiger partial charge in [-0.1, -0.05) is 11.3 Å². The molecule has 0 radical (unpaired) electrons. The molecule has 2 aromatic rings. The third-order valence-corrected chi connectivity index (χ3v) is 3.69. The summed E-state index contributed by atoms with van der Waals surface area (Å²) in [5.41, 5.74) is 0.562. The van der Waals surface area contributed by atoms with Gasteiger partial charge in [-0.25, -0.2) is 9.78 Å². The molecule has 6 nitrogen and oxygen atoms in total. The normalized spacial score (nSPS) is 10.2. The molecule has 0 unspecified atom stereocenters. The monoisotopic (exact) mass is 277 g/mol. The summed E-state index contributed by atoms with van der Waals surface area (Å²) in [4.78, 5) is 32.3. The van der Waals surface area contributed by atoms with Crippen LogP contribution in [-0.2, 0) is 0 Å². The summed E-state index contributed by atoms with van der Waals surface area (Å²) in [5, 5.41) is 9.48. The molecular weight excluding hydrogens is 266 g/mol. The average Bonchev–Trinajstić information content (AvgIpc) is 2.84. The van der Waals surface area contributed by atoms with Crippen LogP contribution in [0.25, 0.3) is 0 Å². The highest BCUT2D eigenvalue weighted by molar-refractivity contribution is 7.17. The van der Waals surface area contributed by atoms with E-state index in [1.165, 1.54) is 6.92 Å². The van der Waals surface area contributed by atoms with Crippen molar-refractivity contribution in [3.8, 4) is 0 Å². The third kappa shape index (κ3) is 2.60. The number of carbonyl (C=O) groups excluding carboxylic acids is 1. The van der Waals surface area contributed by atoms with Crippen LogP contribution in [0.3, 0.4) is 0 Å². The van der Waals surface area contributed by atoms with Gasteiger partial charge >= 0.3 is 5.97 Å². The van der Waals surface area contributed by atoms with Crippen molar-refractivity contribution in [3.05, 3.63) is 35.1 Å². The zero-order valence-electron chi connectivity index (χ0n) is 10.3. The molecule has 2 heterocycles. The Balaban J connectivity index is 2.44.